The minimum Gasteiger partial charge on any atom is -0.360 e. The lowest BCUT2D eigenvalue weighted by atomic mass is 10.0. The Kier molecular flexibility index (Phi) is 2.74. The fraction of sp³-hybridized carbons (Fsp3) is 0.0833. The number of hydrogen-bond donors (Lipinski definition) is 2. The monoisotopic (exact) mass is 229 g/mol. The van der Waals surface area contributed by atoms with Gasteiger partial charge in [-0.1, -0.05) is 6.07 Å². The molecule has 0 aliphatic carbocycles. The third-order valence-electron chi connectivity index (χ3n) is 2.57. The van der Waals surface area contributed by atoms with E-state index in [9.17, 15) is 10.1 Å². The largest absolute Gasteiger partial charge is 0.360 e. The van der Waals surface area contributed by atoms with Crippen molar-refractivity contribution in [2.75, 3.05) is 0 Å². The first-order valence-corrected chi connectivity index (χ1v) is 5.07. The Morgan fingerprint density at radius 1 is 1.41 bits per heavy atom. The molecule has 5 nitrogen and oxygen atoms in total. The second-order valence-corrected chi connectivity index (χ2v) is 3.72. The topological polar surface area (TPSA) is 82.8 Å². The van der Waals surface area contributed by atoms with Crippen molar-refractivity contribution in [1.29, 1.82) is 5.41 Å². The van der Waals surface area contributed by atoms with Gasteiger partial charge in [0, 0.05) is 23.9 Å². The number of rotatable bonds is 3. The van der Waals surface area contributed by atoms with Crippen LogP contribution in [0.4, 0.5) is 5.69 Å². The molecule has 2 aromatic rings. The Hall–Kier alpha value is -2.43. The Bertz CT molecular complexity index is 573. The highest BCUT2D eigenvalue weighted by atomic mass is 16.6. The predicted molar refractivity (Wildman–Crippen MR) is 64.6 cm³/mol. The number of nitrogens with one attached hydrogen (secondary N) is 2. The normalized spacial score (nSPS) is 10.2. The summed E-state index contributed by atoms with van der Waals surface area (Å²) in [6.45, 7) is 1.83. The molecule has 0 bridgehead atoms. The molecule has 0 saturated carbocycles. The minimum absolute atomic E-state index is 0.00176. The number of aromatic nitrogens is 1. The average Bonchev–Trinajstić information content (AvgIpc) is 2.81. The molecule has 1 aromatic carbocycles. The van der Waals surface area contributed by atoms with Crippen molar-refractivity contribution >= 4 is 11.4 Å². The number of nitro groups is 1. The van der Waals surface area contributed by atoms with Crippen molar-refractivity contribution in [3.05, 3.63) is 63.5 Å². The lowest BCUT2D eigenvalue weighted by Crippen LogP contribution is -2.05. The molecule has 0 amide bonds. The van der Waals surface area contributed by atoms with E-state index in [4.69, 9.17) is 5.41 Å². The molecule has 1 aromatic heterocycles. The van der Waals surface area contributed by atoms with Crippen LogP contribution < -0.4 is 0 Å². The van der Waals surface area contributed by atoms with Crippen LogP contribution in [0.2, 0.25) is 0 Å². The van der Waals surface area contributed by atoms with E-state index in [0.29, 0.717) is 11.3 Å². The van der Waals surface area contributed by atoms with Gasteiger partial charge in [-0.2, -0.15) is 0 Å². The van der Waals surface area contributed by atoms with E-state index in [0.717, 1.165) is 5.56 Å². The number of H-pyrrole nitrogens is 1. The molecule has 0 aliphatic rings. The number of nitrogens with zero attached hydrogens (tertiary/aromatic N) is 1. The van der Waals surface area contributed by atoms with E-state index >= 15 is 0 Å². The summed E-state index contributed by atoms with van der Waals surface area (Å²) >= 11 is 0. The summed E-state index contributed by atoms with van der Waals surface area (Å²) in [6, 6.07) is 8.08. The van der Waals surface area contributed by atoms with E-state index in [2.05, 4.69) is 4.98 Å². The van der Waals surface area contributed by atoms with Crippen LogP contribution in [0.25, 0.3) is 0 Å². The highest BCUT2D eigenvalue weighted by Crippen LogP contribution is 2.19. The van der Waals surface area contributed by atoms with Crippen LogP contribution in [-0.4, -0.2) is 15.6 Å². The Morgan fingerprint density at radius 3 is 2.76 bits per heavy atom. The molecule has 0 radical (unpaired) electrons. The fourth-order valence-electron chi connectivity index (χ4n) is 1.62. The van der Waals surface area contributed by atoms with E-state index in [-0.39, 0.29) is 11.4 Å². The summed E-state index contributed by atoms with van der Waals surface area (Å²) in [5.41, 5.74) is 2.32. The van der Waals surface area contributed by atoms with Gasteiger partial charge in [0.1, 0.15) is 0 Å². The van der Waals surface area contributed by atoms with Gasteiger partial charge < -0.3 is 4.98 Å². The second kappa shape index (κ2) is 4.21. The van der Waals surface area contributed by atoms with Gasteiger partial charge in [0.05, 0.1) is 16.3 Å². The molecule has 0 spiro atoms. The van der Waals surface area contributed by atoms with Crippen molar-refractivity contribution in [2.24, 2.45) is 0 Å². The van der Waals surface area contributed by atoms with Crippen LogP contribution in [0.3, 0.4) is 0 Å². The molecular formula is C12H11N3O2. The molecule has 86 valence electrons. The minimum atomic E-state index is -0.453. The number of non-ortho nitro benzene ring substituents is 1. The lowest BCUT2D eigenvalue weighted by Gasteiger charge is -2.05. The van der Waals surface area contributed by atoms with E-state index < -0.39 is 4.92 Å². The first kappa shape index (κ1) is 11.1. The van der Waals surface area contributed by atoms with Crippen LogP contribution >= 0.6 is 0 Å². The third-order valence-corrected chi connectivity index (χ3v) is 2.57. The van der Waals surface area contributed by atoms with Gasteiger partial charge in [0.25, 0.3) is 5.69 Å². The van der Waals surface area contributed by atoms with Crippen molar-refractivity contribution < 1.29 is 4.92 Å². The predicted octanol–water partition coefficient (Wildman–Crippen LogP) is 2.65. The molecule has 0 unspecified atom stereocenters. The molecule has 17 heavy (non-hydrogen) atoms. The molecule has 0 aliphatic heterocycles. The van der Waals surface area contributed by atoms with Gasteiger partial charge in [0.15, 0.2) is 0 Å². The van der Waals surface area contributed by atoms with E-state index in [1.807, 2.05) is 6.92 Å². The third kappa shape index (κ3) is 2.08. The molecule has 5 heteroatoms. The van der Waals surface area contributed by atoms with Crippen molar-refractivity contribution in [1.82, 2.24) is 4.98 Å². The van der Waals surface area contributed by atoms with Crippen LogP contribution in [-0.2, 0) is 0 Å². The van der Waals surface area contributed by atoms with Crippen LogP contribution in [0.15, 0.2) is 36.5 Å². The van der Waals surface area contributed by atoms with Gasteiger partial charge >= 0.3 is 0 Å². The van der Waals surface area contributed by atoms with Crippen molar-refractivity contribution in [2.45, 2.75) is 6.92 Å². The highest BCUT2D eigenvalue weighted by Gasteiger charge is 2.13. The molecular weight excluding hydrogens is 218 g/mol. The van der Waals surface area contributed by atoms with Gasteiger partial charge in [-0.05, 0) is 24.6 Å². The zero-order valence-electron chi connectivity index (χ0n) is 9.23. The van der Waals surface area contributed by atoms with Crippen LogP contribution in [0, 0.1) is 22.4 Å². The summed E-state index contributed by atoms with van der Waals surface area (Å²) in [6.07, 6.45) is 1.72. The molecule has 2 N–H and O–H groups in total. The summed E-state index contributed by atoms with van der Waals surface area (Å²) < 4.78 is 0. The van der Waals surface area contributed by atoms with Gasteiger partial charge in [0.2, 0.25) is 0 Å². The maximum absolute atomic E-state index is 10.7. The molecule has 2 rings (SSSR count). The van der Waals surface area contributed by atoms with Crippen molar-refractivity contribution in [3.63, 3.8) is 0 Å². The fourth-order valence-corrected chi connectivity index (χ4v) is 1.62. The van der Waals surface area contributed by atoms with Gasteiger partial charge in [-0.25, -0.2) is 0 Å². The first-order chi connectivity index (χ1) is 8.09. The smallest absolute Gasteiger partial charge is 0.270 e. The van der Waals surface area contributed by atoms with E-state index in [1.165, 1.54) is 12.1 Å². The van der Waals surface area contributed by atoms with Gasteiger partial charge in [-0.3, -0.25) is 15.5 Å². The van der Waals surface area contributed by atoms with Crippen molar-refractivity contribution in [3.8, 4) is 0 Å². The molecule has 0 atom stereocenters. The number of hydrogen-bond acceptors (Lipinski definition) is 3. The molecule has 1 heterocycles. The maximum Gasteiger partial charge on any atom is 0.270 e. The lowest BCUT2D eigenvalue weighted by molar-refractivity contribution is -0.384. The SMILES string of the molecule is Cc1ccc([N+](=O)[O-])cc1C(=N)c1ccc[nH]1. The summed E-state index contributed by atoms with van der Waals surface area (Å²) in [4.78, 5) is 13.2. The standard InChI is InChI=1S/C12H11N3O2/c1-8-4-5-9(15(16)17)7-10(8)12(13)11-3-2-6-14-11/h2-7,13-14H,1H3. The number of aryl methyl sites for hydroxylation is 1. The van der Waals surface area contributed by atoms with Crippen LogP contribution in [0.5, 0.6) is 0 Å². The zero-order valence-corrected chi connectivity index (χ0v) is 9.23. The van der Waals surface area contributed by atoms with Crippen LogP contribution in [0.1, 0.15) is 16.8 Å². The quantitative estimate of drug-likeness (QED) is 0.481. The van der Waals surface area contributed by atoms with Gasteiger partial charge in [-0.15, -0.1) is 0 Å². The summed E-state index contributed by atoms with van der Waals surface area (Å²) in [5, 5.41) is 18.7. The first-order valence-electron chi connectivity index (χ1n) is 5.07. The molecule has 0 saturated heterocycles. The number of nitro benzene ring substituents is 1. The molecule has 0 fully saturated rings. The Balaban J connectivity index is 2.48. The van der Waals surface area contributed by atoms with E-state index in [1.54, 1.807) is 24.4 Å². The summed E-state index contributed by atoms with van der Waals surface area (Å²) in [5.74, 6) is 0. The highest BCUT2D eigenvalue weighted by molar-refractivity contribution is 6.10. The summed E-state index contributed by atoms with van der Waals surface area (Å²) in [7, 11) is 0. The number of aromatic amines is 1. The maximum atomic E-state index is 10.7. The number of benzene rings is 1. The second-order valence-electron chi connectivity index (χ2n) is 3.72. The Labute approximate surface area is 97.8 Å². The average molecular weight is 229 g/mol. The zero-order chi connectivity index (χ0) is 12.4. The Morgan fingerprint density at radius 2 is 2.18 bits per heavy atom.